The molecule has 2 aromatic rings. The number of rotatable bonds is 9. The van der Waals surface area contributed by atoms with Crippen LogP contribution in [0.25, 0.3) is 11.5 Å². The average molecular weight is 318 g/mol. The van der Waals surface area contributed by atoms with Crippen molar-refractivity contribution in [1.29, 1.82) is 0 Å². The van der Waals surface area contributed by atoms with Crippen LogP contribution in [0, 0.1) is 12.8 Å². The molecule has 0 spiro atoms. The Balaban J connectivity index is 1.97. The molecular formula is C18H30N4O. The van der Waals surface area contributed by atoms with E-state index in [2.05, 4.69) is 48.4 Å². The maximum Gasteiger partial charge on any atom is 0.152 e. The molecule has 2 heterocycles. The largest absolute Gasteiger partial charge is 0.460 e. The summed E-state index contributed by atoms with van der Waals surface area (Å²) in [6.45, 7) is 8.27. The van der Waals surface area contributed by atoms with Crippen molar-refractivity contribution < 1.29 is 4.42 Å². The van der Waals surface area contributed by atoms with Gasteiger partial charge in [0, 0.05) is 24.7 Å². The predicted octanol–water partition coefficient (Wildman–Crippen LogP) is 3.43. The lowest BCUT2D eigenvalue weighted by molar-refractivity contribution is 0.194. The number of aryl methyl sites for hydroxylation is 1. The molecule has 2 aromatic heterocycles. The zero-order chi connectivity index (χ0) is 16.8. The number of aromatic amines is 1. The van der Waals surface area contributed by atoms with Gasteiger partial charge in [0.05, 0.1) is 6.20 Å². The van der Waals surface area contributed by atoms with Crippen LogP contribution in [0.3, 0.4) is 0 Å². The molecule has 0 fully saturated rings. The highest BCUT2D eigenvalue weighted by molar-refractivity contribution is 5.56. The van der Waals surface area contributed by atoms with Crippen LogP contribution in [0.2, 0.25) is 0 Å². The maximum absolute atomic E-state index is 5.70. The molecule has 2 N–H and O–H groups in total. The van der Waals surface area contributed by atoms with Crippen molar-refractivity contribution in [3.63, 3.8) is 0 Å². The minimum absolute atomic E-state index is 0.547. The van der Waals surface area contributed by atoms with Gasteiger partial charge < -0.3 is 14.6 Å². The summed E-state index contributed by atoms with van der Waals surface area (Å²) < 4.78 is 5.70. The van der Waals surface area contributed by atoms with E-state index in [1.807, 2.05) is 25.3 Å². The molecule has 0 aromatic carbocycles. The quantitative estimate of drug-likeness (QED) is 0.743. The van der Waals surface area contributed by atoms with E-state index in [0.717, 1.165) is 35.9 Å². The second-order valence-electron chi connectivity index (χ2n) is 6.42. The van der Waals surface area contributed by atoms with Gasteiger partial charge in [-0.1, -0.05) is 26.7 Å². The van der Waals surface area contributed by atoms with E-state index in [1.165, 1.54) is 12.8 Å². The van der Waals surface area contributed by atoms with Gasteiger partial charge in [-0.05, 0) is 39.1 Å². The predicted molar refractivity (Wildman–Crippen MR) is 94.3 cm³/mol. The molecule has 128 valence electrons. The van der Waals surface area contributed by atoms with Crippen LogP contribution in [0.15, 0.2) is 22.7 Å². The molecule has 23 heavy (non-hydrogen) atoms. The standard InChI is InChI=1S/C18H30N4O/c1-6-14(7-2)16(22(4)5)12-19-10-15-11-20-21-18(15)17-9-8-13(3)23-17/h8-9,11,14,16,19H,6-7,10,12H2,1-5H3,(H,20,21). The third-order valence-corrected chi connectivity index (χ3v) is 4.63. The fourth-order valence-corrected chi connectivity index (χ4v) is 3.19. The van der Waals surface area contributed by atoms with Crippen LogP contribution in [0.1, 0.15) is 38.0 Å². The first kappa shape index (κ1) is 17.8. The first-order valence-corrected chi connectivity index (χ1v) is 8.52. The topological polar surface area (TPSA) is 57.1 Å². The second kappa shape index (κ2) is 8.31. The van der Waals surface area contributed by atoms with Gasteiger partial charge in [0.15, 0.2) is 5.76 Å². The molecule has 0 saturated heterocycles. The van der Waals surface area contributed by atoms with Gasteiger partial charge in [-0.25, -0.2) is 0 Å². The molecule has 1 atom stereocenters. The van der Waals surface area contributed by atoms with Crippen molar-refractivity contribution in [3.8, 4) is 11.5 Å². The van der Waals surface area contributed by atoms with Crippen molar-refractivity contribution in [3.05, 3.63) is 29.7 Å². The Kier molecular flexibility index (Phi) is 6.42. The highest BCUT2D eigenvalue weighted by Crippen LogP contribution is 2.23. The smallest absolute Gasteiger partial charge is 0.152 e. The zero-order valence-electron chi connectivity index (χ0n) is 15.0. The van der Waals surface area contributed by atoms with Gasteiger partial charge in [0.25, 0.3) is 0 Å². The normalized spacial score (nSPS) is 13.2. The minimum Gasteiger partial charge on any atom is -0.460 e. The summed E-state index contributed by atoms with van der Waals surface area (Å²) in [7, 11) is 4.33. The number of H-pyrrole nitrogens is 1. The average Bonchev–Trinajstić information content (AvgIpc) is 3.15. The third-order valence-electron chi connectivity index (χ3n) is 4.63. The van der Waals surface area contributed by atoms with E-state index < -0.39 is 0 Å². The molecule has 0 aliphatic carbocycles. The Morgan fingerprint density at radius 2 is 2.00 bits per heavy atom. The summed E-state index contributed by atoms with van der Waals surface area (Å²) in [6.07, 6.45) is 4.30. The van der Waals surface area contributed by atoms with Gasteiger partial charge >= 0.3 is 0 Å². The van der Waals surface area contributed by atoms with E-state index >= 15 is 0 Å². The number of nitrogens with zero attached hydrogens (tertiary/aromatic N) is 2. The molecule has 0 amide bonds. The van der Waals surface area contributed by atoms with E-state index in [1.54, 1.807) is 0 Å². The van der Waals surface area contributed by atoms with E-state index in [0.29, 0.717) is 12.0 Å². The molecule has 0 aliphatic rings. The molecule has 0 aliphatic heterocycles. The highest BCUT2D eigenvalue weighted by Gasteiger charge is 2.20. The molecule has 0 saturated carbocycles. The SMILES string of the molecule is CCC(CC)C(CNCc1cn[nH]c1-c1ccc(C)o1)N(C)C. The van der Waals surface area contributed by atoms with Crippen molar-refractivity contribution in [1.82, 2.24) is 20.4 Å². The first-order chi connectivity index (χ1) is 11.1. The summed E-state index contributed by atoms with van der Waals surface area (Å²) in [5.74, 6) is 2.48. The molecule has 0 bridgehead atoms. The van der Waals surface area contributed by atoms with Crippen LogP contribution in [-0.4, -0.2) is 41.8 Å². The minimum atomic E-state index is 0.547. The number of nitrogens with one attached hydrogen (secondary N) is 2. The van der Waals surface area contributed by atoms with Gasteiger partial charge in [-0.2, -0.15) is 5.10 Å². The van der Waals surface area contributed by atoms with Crippen LogP contribution in [0.5, 0.6) is 0 Å². The van der Waals surface area contributed by atoms with Gasteiger partial charge in [-0.15, -0.1) is 0 Å². The van der Waals surface area contributed by atoms with Gasteiger partial charge in [0.1, 0.15) is 11.5 Å². The van der Waals surface area contributed by atoms with E-state index in [9.17, 15) is 0 Å². The third kappa shape index (κ3) is 4.45. The monoisotopic (exact) mass is 318 g/mol. The molecular weight excluding hydrogens is 288 g/mol. The molecule has 1 unspecified atom stereocenters. The van der Waals surface area contributed by atoms with E-state index in [-0.39, 0.29) is 0 Å². The Morgan fingerprint density at radius 1 is 1.26 bits per heavy atom. The fraction of sp³-hybridized carbons (Fsp3) is 0.611. The molecule has 5 nitrogen and oxygen atoms in total. The first-order valence-electron chi connectivity index (χ1n) is 8.52. The van der Waals surface area contributed by atoms with Crippen LogP contribution < -0.4 is 5.32 Å². The summed E-state index contributed by atoms with van der Waals surface area (Å²) in [5, 5.41) is 10.8. The number of aromatic nitrogens is 2. The summed E-state index contributed by atoms with van der Waals surface area (Å²) >= 11 is 0. The zero-order valence-corrected chi connectivity index (χ0v) is 15.0. The lowest BCUT2D eigenvalue weighted by Crippen LogP contribution is -2.42. The van der Waals surface area contributed by atoms with Crippen LogP contribution in [0.4, 0.5) is 0 Å². The maximum atomic E-state index is 5.70. The second-order valence-corrected chi connectivity index (χ2v) is 6.42. The number of likely N-dealkylation sites (N-methyl/N-ethyl adjacent to an activating group) is 1. The van der Waals surface area contributed by atoms with Crippen molar-refractivity contribution >= 4 is 0 Å². The molecule has 0 radical (unpaired) electrons. The molecule has 5 heteroatoms. The van der Waals surface area contributed by atoms with Crippen molar-refractivity contribution in [2.75, 3.05) is 20.6 Å². The van der Waals surface area contributed by atoms with Crippen LogP contribution >= 0.6 is 0 Å². The number of hydrogen-bond acceptors (Lipinski definition) is 4. The Labute approximate surface area is 139 Å². The summed E-state index contributed by atoms with van der Waals surface area (Å²) in [4.78, 5) is 2.33. The van der Waals surface area contributed by atoms with Gasteiger partial charge in [0.2, 0.25) is 0 Å². The van der Waals surface area contributed by atoms with Crippen molar-refractivity contribution in [2.24, 2.45) is 5.92 Å². The number of hydrogen-bond donors (Lipinski definition) is 2. The van der Waals surface area contributed by atoms with Gasteiger partial charge in [-0.3, -0.25) is 5.10 Å². The Hall–Kier alpha value is -1.59. The lowest BCUT2D eigenvalue weighted by atomic mass is 9.93. The fourth-order valence-electron chi connectivity index (χ4n) is 3.19. The summed E-state index contributed by atoms with van der Waals surface area (Å²) in [5.41, 5.74) is 2.11. The Morgan fingerprint density at radius 3 is 2.57 bits per heavy atom. The lowest BCUT2D eigenvalue weighted by Gasteiger charge is -2.31. The highest BCUT2D eigenvalue weighted by atomic mass is 16.3. The van der Waals surface area contributed by atoms with Crippen molar-refractivity contribution in [2.45, 2.75) is 46.2 Å². The number of furan rings is 1. The Bertz CT molecular complexity index is 583. The summed E-state index contributed by atoms with van der Waals surface area (Å²) in [6, 6.07) is 4.51. The van der Waals surface area contributed by atoms with Crippen LogP contribution in [-0.2, 0) is 6.54 Å². The molecule has 2 rings (SSSR count). The van der Waals surface area contributed by atoms with E-state index in [4.69, 9.17) is 4.42 Å².